The van der Waals surface area contributed by atoms with E-state index in [1.807, 2.05) is 0 Å². The van der Waals surface area contributed by atoms with Crippen molar-refractivity contribution in [1.29, 1.82) is 6.77 Å². The van der Waals surface area contributed by atoms with E-state index in [2.05, 4.69) is 25.0 Å². The third-order valence-electron chi connectivity index (χ3n) is 11.6. The number of hydrogen-bond donors (Lipinski definition) is 4. The topological polar surface area (TPSA) is 345 Å². The van der Waals surface area contributed by atoms with E-state index in [0.29, 0.717) is 24.9 Å². The molecule has 0 aromatic carbocycles. The number of Topliss-reactive ketones (excluding diaryl/α,β-unsaturated/α-hetero) is 1. The first-order valence-electron chi connectivity index (χ1n) is 41.2. The average molecular weight is 1240 g/mol. The maximum absolute atomic E-state index is 12.7. The van der Waals surface area contributed by atoms with Gasteiger partial charge >= 0.3 is 52.3 Å². The Bertz CT molecular complexity index is 5000. The molecule has 8 heterocycles. The van der Waals surface area contributed by atoms with Crippen LogP contribution < -0.4 is 74.6 Å². The van der Waals surface area contributed by atoms with Gasteiger partial charge in [0.15, 0.2) is 44.7 Å². The molecule has 8 aromatic rings. The molecule has 0 saturated carbocycles. The van der Waals surface area contributed by atoms with Gasteiger partial charge in [-0.2, -0.15) is 0 Å². The fourth-order valence-corrected chi connectivity index (χ4v) is 7.66. The van der Waals surface area contributed by atoms with E-state index in [1.165, 1.54) is 28.2 Å². The van der Waals surface area contributed by atoms with Crippen LogP contribution in [0.15, 0.2) is 63.6 Å². The molecule has 0 aliphatic rings. The predicted molar refractivity (Wildman–Crippen MR) is 326 cm³/mol. The van der Waals surface area contributed by atoms with Crippen LogP contribution >= 0.6 is 0 Å². The summed E-state index contributed by atoms with van der Waals surface area (Å²) in [6.07, 6.45) is -20.0. The third-order valence-corrected chi connectivity index (χ3v) is 11.6. The zero-order valence-electron chi connectivity index (χ0n) is 80.3. The molecule has 8 aromatic heterocycles. The fraction of sp³-hybridized carbons (Fsp3) is 0.611. The van der Waals surface area contributed by atoms with Gasteiger partial charge in [0.25, 0.3) is 22.2 Å². The van der Waals surface area contributed by atoms with Gasteiger partial charge in [0.1, 0.15) is 11.3 Å². The molecule has 0 amide bonds. The smallest absolute Gasteiger partial charge is 0.397 e. The summed E-state index contributed by atoms with van der Waals surface area (Å²) >= 11 is 0. The number of fused-ring (bicyclic) bond motifs is 4. The number of imidazole rings is 4. The van der Waals surface area contributed by atoms with E-state index in [1.54, 1.807) is 6.92 Å². The van der Waals surface area contributed by atoms with E-state index in [9.17, 15) is 58.5 Å². The summed E-state index contributed by atoms with van der Waals surface area (Å²) in [5, 5.41) is 32.4. The van der Waals surface area contributed by atoms with Crippen LogP contribution in [-0.2, 0) is 87.1 Å². The molecule has 3 atom stereocenters. The number of carbonyl (C=O) groups excluding carboxylic acids is 1. The molecule has 0 saturated heterocycles. The van der Waals surface area contributed by atoms with Crippen LogP contribution in [0.1, 0.15) is 148 Å². The van der Waals surface area contributed by atoms with Crippen molar-refractivity contribution in [1.82, 2.24) is 74.7 Å². The largest absolute Gasteiger partial charge is 1.00 e. The minimum absolute atomic E-state index is 0. The van der Waals surface area contributed by atoms with Gasteiger partial charge in [0, 0.05) is 123 Å². The summed E-state index contributed by atoms with van der Waals surface area (Å²) in [5.74, 6) is -0.660. The first-order valence-corrected chi connectivity index (χ1v) is 25.0. The molecular weight excluding hydrogens is 1110 g/mol. The predicted octanol–water partition coefficient (Wildman–Crippen LogP) is -4.30. The molecule has 0 aliphatic carbocycles. The Kier molecular flexibility index (Phi) is 15.2. The summed E-state index contributed by atoms with van der Waals surface area (Å²) in [6, 6.07) is 0. The standard InChI is InChI=1S/3C13H20N4O3.C13H18N4O3.C2H6O.BH4.Na/c4*1-9(18)6-4-5-7-17-12(19)10-11(14-8-15(10)2)16(3)13(17)20;1-2-3;;/h3*8-9,18H,4-7H2,1-3H3;8H,4-7H2,1-3H3;3H,2H2,1H3;1H4;/q;;;;;-1;+1/t2*9-;;;;;/m10...../s1/i3*2D3,6D2,8D,9D;2D3,6D2,8D;3D;1D4;. The minimum Gasteiger partial charge on any atom is -0.397 e. The van der Waals surface area contributed by atoms with Gasteiger partial charge in [-0.25, -0.2) is 44.5 Å². The summed E-state index contributed by atoms with van der Waals surface area (Å²) in [6.45, 7) is -5.97. The number of aryl methyl sites for hydroxylation is 8. The van der Waals surface area contributed by atoms with Gasteiger partial charge in [-0.1, -0.05) is 8.27 Å². The second-order valence-corrected chi connectivity index (χ2v) is 17.8. The first kappa shape index (κ1) is 37.7. The fourth-order valence-electron chi connectivity index (χ4n) is 7.66. The quantitative estimate of drug-likeness (QED) is 0.0495. The summed E-state index contributed by atoms with van der Waals surface area (Å²) in [7, 11) is 2.14. The molecule has 0 spiro atoms. The van der Waals surface area contributed by atoms with Crippen LogP contribution in [0.5, 0.6) is 0 Å². The van der Waals surface area contributed by atoms with Gasteiger partial charge in [-0.15, -0.1) is 0 Å². The van der Waals surface area contributed by atoms with Gasteiger partial charge < -0.3 is 43.5 Å². The number of hydrogen-bond acceptors (Lipinski definition) is 17. The Balaban J connectivity index is 0.000000508. The molecule has 0 radical (unpaired) electrons. The molecule has 8 rings (SSSR count). The van der Waals surface area contributed by atoms with Crippen LogP contribution in [0.4, 0.5) is 0 Å². The molecular formula is C54H88BN16NaO13. The van der Waals surface area contributed by atoms with Gasteiger partial charge in [-0.05, 0) is 105 Å². The zero-order chi connectivity index (χ0) is 90.8. The minimum atomic E-state index is -3.00. The number of aliphatic hydroxyl groups is 4. The van der Waals surface area contributed by atoms with Crippen LogP contribution in [0.3, 0.4) is 0 Å². The van der Waals surface area contributed by atoms with Crippen molar-refractivity contribution >= 4 is 58.7 Å². The monoisotopic (exact) mass is 1230 g/mol. The Morgan fingerprint density at radius 3 is 0.941 bits per heavy atom. The molecule has 0 fully saturated rings. The van der Waals surface area contributed by atoms with Crippen LogP contribution in [0.2, 0.25) is 0 Å². The van der Waals surface area contributed by atoms with Crippen molar-refractivity contribution < 1.29 is 91.8 Å². The Labute approximate surface area is 558 Å². The molecule has 0 aliphatic heterocycles. The maximum Gasteiger partial charge on any atom is 1.00 e. The van der Waals surface area contributed by atoms with Crippen molar-refractivity contribution in [3.8, 4) is 0 Å². The molecule has 4 N–H and O–H groups in total. The second kappa shape index (κ2) is 34.4. The van der Waals surface area contributed by atoms with Crippen LogP contribution in [-0.4, -0.2) is 141 Å². The second-order valence-electron chi connectivity index (χ2n) is 17.8. The van der Waals surface area contributed by atoms with E-state index < -0.39 is 178 Å². The molecule has 31 heteroatoms. The van der Waals surface area contributed by atoms with E-state index in [4.69, 9.17) is 43.8 Å². The molecule has 0 bridgehead atoms. The third kappa shape index (κ3) is 18.6. The van der Waals surface area contributed by atoms with Crippen molar-refractivity contribution in [2.75, 3.05) is 6.61 Å². The number of nitrogens with zero attached hydrogens (tertiary/aromatic N) is 16. The summed E-state index contributed by atoms with van der Waals surface area (Å²) in [5.41, 5.74) is -9.46. The number of rotatable bonds is 21. The SMILES string of the molecule is [2H]OCC.[2H][B-]([2H])([2H])[2H].[2H]c1nc2c(c(=O)n(CCCC([2H])([2H])C(C)=O)c(=O)n2C)n1C([2H])([2H])[2H].[2H]c1nc2c(c(=O)n(CCCC([2H])([2H])C([2H])(C)O)c(=O)n2C)n1C([2H])([2H])[2H].[2H]c1nc2c(c(=O)n(CCCC([2H])([2H])[C@@]([2H])(C)O)c(=O)n2C)n1C([2H])([2H])[2H].[2H]c1nc2c(c(=O)n(CCCC([2H])([2H])[C@]([2H])(C)O)c(=O)n2C)n1C([2H])([2H])[2H].[Na+]. The average Bonchev–Trinajstić information content (AvgIpc) is 1.62. The van der Waals surface area contributed by atoms with Crippen LogP contribution in [0.25, 0.3) is 44.7 Å². The van der Waals surface area contributed by atoms with E-state index in [-0.39, 0.29) is 130 Å². The van der Waals surface area contributed by atoms with Gasteiger partial charge in [0.2, 0.25) is 1.43 Å². The van der Waals surface area contributed by atoms with Gasteiger partial charge in [-0.3, -0.25) is 55.7 Å². The number of ketones is 1. The summed E-state index contributed by atoms with van der Waals surface area (Å²) < 4.78 is 243. The number of carbonyl (C=O) groups is 1. The van der Waals surface area contributed by atoms with Crippen molar-refractivity contribution in [2.45, 2.75) is 156 Å². The van der Waals surface area contributed by atoms with Crippen molar-refractivity contribution in [3.63, 3.8) is 0 Å². The van der Waals surface area contributed by atoms with Gasteiger partial charge in [0.05, 0.1) is 47.6 Å². The Morgan fingerprint density at radius 1 is 0.529 bits per heavy atom. The Hall–Kier alpha value is -6.83. The molecule has 1 unspecified atom stereocenters. The normalized spacial score (nSPS) is 20.0. The molecule has 29 nitrogen and oxygen atoms in total. The van der Waals surface area contributed by atoms with E-state index >= 15 is 0 Å². The summed E-state index contributed by atoms with van der Waals surface area (Å²) in [4.78, 5) is 126. The van der Waals surface area contributed by atoms with Crippen molar-refractivity contribution in [3.05, 3.63) is 109 Å². The van der Waals surface area contributed by atoms with E-state index in [0.717, 1.165) is 64.2 Å². The number of aliphatic hydroxyl groups excluding tert-OH is 1. The maximum atomic E-state index is 12.7. The van der Waals surface area contributed by atoms with Crippen molar-refractivity contribution in [2.24, 2.45) is 56.1 Å². The van der Waals surface area contributed by atoms with Crippen LogP contribution in [0, 0.1) is 0 Å². The number of aromatic nitrogens is 16. The Morgan fingerprint density at radius 2 is 0.753 bits per heavy atom. The molecule has 466 valence electrons. The first-order chi connectivity index (χ1) is 52.0. The zero-order valence-corrected chi connectivity index (χ0v) is 50.3. The molecule has 85 heavy (non-hydrogen) atoms.